The molecule has 1 aromatic rings. The fourth-order valence-electron chi connectivity index (χ4n) is 1.77. The SMILES string of the molecule is CCCCCOc1ccccc1NCCCCN. The van der Waals surface area contributed by atoms with Crippen LogP contribution in [-0.2, 0) is 0 Å². The molecule has 3 nitrogen and oxygen atoms in total. The quantitative estimate of drug-likeness (QED) is 0.626. The molecule has 1 aromatic carbocycles. The molecule has 102 valence electrons. The molecule has 0 aliphatic heterocycles. The molecule has 0 aliphatic carbocycles. The number of unbranched alkanes of at least 4 members (excludes halogenated alkanes) is 3. The number of hydrogen-bond acceptors (Lipinski definition) is 3. The van der Waals surface area contributed by atoms with Crippen LogP contribution in [-0.4, -0.2) is 19.7 Å². The van der Waals surface area contributed by atoms with Gasteiger partial charge in [0.1, 0.15) is 5.75 Å². The van der Waals surface area contributed by atoms with Crippen LogP contribution in [0.2, 0.25) is 0 Å². The van der Waals surface area contributed by atoms with E-state index in [4.69, 9.17) is 10.5 Å². The van der Waals surface area contributed by atoms with Gasteiger partial charge in [-0.15, -0.1) is 0 Å². The van der Waals surface area contributed by atoms with E-state index in [0.717, 1.165) is 50.4 Å². The van der Waals surface area contributed by atoms with E-state index < -0.39 is 0 Å². The highest BCUT2D eigenvalue weighted by Gasteiger charge is 2.01. The summed E-state index contributed by atoms with van der Waals surface area (Å²) in [7, 11) is 0. The lowest BCUT2D eigenvalue weighted by molar-refractivity contribution is 0.307. The molecule has 1 rings (SSSR count). The Hall–Kier alpha value is -1.22. The number of ether oxygens (including phenoxy) is 1. The van der Waals surface area contributed by atoms with Gasteiger partial charge in [-0.3, -0.25) is 0 Å². The third kappa shape index (κ3) is 5.92. The molecule has 0 fully saturated rings. The van der Waals surface area contributed by atoms with Gasteiger partial charge in [0.2, 0.25) is 0 Å². The molecule has 3 heteroatoms. The van der Waals surface area contributed by atoms with Gasteiger partial charge < -0.3 is 15.8 Å². The summed E-state index contributed by atoms with van der Waals surface area (Å²) in [5.74, 6) is 0.960. The summed E-state index contributed by atoms with van der Waals surface area (Å²) >= 11 is 0. The number of hydrogen-bond donors (Lipinski definition) is 2. The first-order valence-corrected chi connectivity index (χ1v) is 7.04. The smallest absolute Gasteiger partial charge is 0.142 e. The lowest BCUT2D eigenvalue weighted by Gasteiger charge is -2.13. The summed E-state index contributed by atoms with van der Waals surface area (Å²) in [6.45, 7) is 4.71. The number of anilines is 1. The lowest BCUT2D eigenvalue weighted by atomic mass is 10.2. The third-order valence-electron chi connectivity index (χ3n) is 2.84. The van der Waals surface area contributed by atoms with Crippen LogP contribution < -0.4 is 15.8 Å². The first-order valence-electron chi connectivity index (χ1n) is 7.04. The topological polar surface area (TPSA) is 47.3 Å². The average Bonchev–Trinajstić information content (AvgIpc) is 2.41. The summed E-state index contributed by atoms with van der Waals surface area (Å²) in [5.41, 5.74) is 6.57. The molecule has 0 unspecified atom stereocenters. The van der Waals surface area contributed by atoms with Gasteiger partial charge in [-0.25, -0.2) is 0 Å². The number of para-hydroxylation sites is 2. The van der Waals surface area contributed by atoms with E-state index in [1.54, 1.807) is 0 Å². The zero-order valence-corrected chi connectivity index (χ0v) is 11.5. The standard InChI is InChI=1S/C15H26N2O/c1-2-3-8-13-18-15-10-5-4-9-14(15)17-12-7-6-11-16/h4-5,9-10,17H,2-3,6-8,11-13,16H2,1H3. The summed E-state index contributed by atoms with van der Waals surface area (Å²) in [5, 5.41) is 3.41. The van der Waals surface area contributed by atoms with E-state index in [2.05, 4.69) is 18.3 Å². The second-order valence-corrected chi connectivity index (χ2v) is 4.47. The Bertz CT molecular complexity index is 284. The molecular weight excluding hydrogens is 224 g/mol. The molecule has 0 amide bonds. The van der Waals surface area contributed by atoms with Crippen molar-refractivity contribution >= 4 is 5.69 Å². The van der Waals surface area contributed by atoms with Crippen LogP contribution in [0.15, 0.2) is 24.3 Å². The van der Waals surface area contributed by atoms with Crippen molar-refractivity contribution in [3.05, 3.63) is 24.3 Å². The van der Waals surface area contributed by atoms with Gasteiger partial charge in [-0.1, -0.05) is 31.9 Å². The van der Waals surface area contributed by atoms with E-state index in [9.17, 15) is 0 Å². The Morgan fingerprint density at radius 3 is 2.72 bits per heavy atom. The van der Waals surface area contributed by atoms with Crippen LogP contribution in [0.4, 0.5) is 5.69 Å². The summed E-state index contributed by atoms with van der Waals surface area (Å²) in [6, 6.07) is 8.14. The molecule has 0 saturated heterocycles. The van der Waals surface area contributed by atoms with Crippen molar-refractivity contribution in [2.45, 2.75) is 39.0 Å². The molecule has 0 heterocycles. The molecule has 0 bridgehead atoms. The Morgan fingerprint density at radius 1 is 1.11 bits per heavy atom. The van der Waals surface area contributed by atoms with Gasteiger partial charge in [0.05, 0.1) is 12.3 Å². The van der Waals surface area contributed by atoms with Crippen molar-refractivity contribution in [1.29, 1.82) is 0 Å². The lowest BCUT2D eigenvalue weighted by Crippen LogP contribution is -2.07. The van der Waals surface area contributed by atoms with Crippen LogP contribution in [0, 0.1) is 0 Å². The minimum Gasteiger partial charge on any atom is -0.491 e. The second-order valence-electron chi connectivity index (χ2n) is 4.47. The van der Waals surface area contributed by atoms with Gasteiger partial charge >= 0.3 is 0 Å². The largest absolute Gasteiger partial charge is 0.491 e. The molecule has 3 N–H and O–H groups in total. The zero-order chi connectivity index (χ0) is 13.1. The number of benzene rings is 1. The van der Waals surface area contributed by atoms with E-state index in [1.807, 2.05) is 18.2 Å². The Balaban J connectivity index is 2.36. The molecule has 0 saturated carbocycles. The van der Waals surface area contributed by atoms with Gasteiger partial charge in [0.25, 0.3) is 0 Å². The van der Waals surface area contributed by atoms with Gasteiger partial charge in [0, 0.05) is 6.54 Å². The maximum atomic E-state index is 5.81. The minimum atomic E-state index is 0.761. The number of rotatable bonds is 10. The summed E-state index contributed by atoms with van der Waals surface area (Å²) in [4.78, 5) is 0. The van der Waals surface area contributed by atoms with Crippen molar-refractivity contribution in [3.63, 3.8) is 0 Å². The number of nitrogens with one attached hydrogen (secondary N) is 1. The molecule has 0 radical (unpaired) electrons. The highest BCUT2D eigenvalue weighted by Crippen LogP contribution is 2.23. The van der Waals surface area contributed by atoms with Gasteiger partial charge in [0.15, 0.2) is 0 Å². The van der Waals surface area contributed by atoms with Crippen LogP contribution in [0.25, 0.3) is 0 Å². The second kappa shape index (κ2) is 9.77. The maximum absolute atomic E-state index is 5.81. The van der Waals surface area contributed by atoms with Crippen molar-refractivity contribution in [1.82, 2.24) is 0 Å². The van der Waals surface area contributed by atoms with E-state index in [0.29, 0.717) is 0 Å². The Morgan fingerprint density at radius 2 is 1.94 bits per heavy atom. The fraction of sp³-hybridized carbons (Fsp3) is 0.600. The summed E-state index contributed by atoms with van der Waals surface area (Å²) in [6.07, 6.45) is 5.74. The van der Waals surface area contributed by atoms with Crippen molar-refractivity contribution in [2.24, 2.45) is 5.73 Å². The fourth-order valence-corrected chi connectivity index (χ4v) is 1.77. The van der Waals surface area contributed by atoms with Crippen LogP contribution in [0.3, 0.4) is 0 Å². The van der Waals surface area contributed by atoms with Gasteiger partial charge in [-0.05, 0) is 37.9 Å². The van der Waals surface area contributed by atoms with E-state index >= 15 is 0 Å². The average molecular weight is 250 g/mol. The molecule has 0 atom stereocenters. The van der Waals surface area contributed by atoms with Crippen molar-refractivity contribution in [3.8, 4) is 5.75 Å². The molecular formula is C15H26N2O. The van der Waals surface area contributed by atoms with E-state index in [-0.39, 0.29) is 0 Å². The predicted octanol–water partition coefficient (Wildman–Crippen LogP) is 3.41. The summed E-state index contributed by atoms with van der Waals surface area (Å²) < 4.78 is 5.81. The molecule has 0 aliphatic rings. The monoisotopic (exact) mass is 250 g/mol. The maximum Gasteiger partial charge on any atom is 0.142 e. The van der Waals surface area contributed by atoms with Crippen LogP contribution >= 0.6 is 0 Å². The third-order valence-corrected chi connectivity index (χ3v) is 2.84. The molecule has 0 aromatic heterocycles. The van der Waals surface area contributed by atoms with Crippen molar-refractivity contribution < 1.29 is 4.74 Å². The zero-order valence-electron chi connectivity index (χ0n) is 11.5. The number of nitrogens with two attached hydrogens (primary N) is 1. The molecule has 18 heavy (non-hydrogen) atoms. The Kier molecular flexibility index (Phi) is 8.06. The molecule has 0 spiro atoms. The normalized spacial score (nSPS) is 10.3. The van der Waals surface area contributed by atoms with Gasteiger partial charge in [-0.2, -0.15) is 0 Å². The highest BCUT2D eigenvalue weighted by molar-refractivity contribution is 5.56. The predicted molar refractivity (Wildman–Crippen MR) is 78.2 cm³/mol. The Labute approximate surface area is 111 Å². The first-order chi connectivity index (χ1) is 8.88. The van der Waals surface area contributed by atoms with Crippen LogP contribution in [0.5, 0.6) is 5.75 Å². The van der Waals surface area contributed by atoms with Crippen molar-refractivity contribution in [2.75, 3.05) is 25.0 Å². The highest BCUT2D eigenvalue weighted by atomic mass is 16.5. The van der Waals surface area contributed by atoms with Crippen LogP contribution in [0.1, 0.15) is 39.0 Å². The van der Waals surface area contributed by atoms with E-state index in [1.165, 1.54) is 12.8 Å². The minimum absolute atomic E-state index is 0.761. The first kappa shape index (κ1) is 14.8.